The largest absolute Gasteiger partial charge is 0.396 e. The van der Waals surface area contributed by atoms with Gasteiger partial charge in [-0.1, -0.05) is 37.6 Å². The predicted molar refractivity (Wildman–Crippen MR) is 102 cm³/mol. The molecule has 0 aliphatic rings. The third-order valence-electron chi connectivity index (χ3n) is 4.24. The van der Waals surface area contributed by atoms with Gasteiger partial charge in [-0.05, 0) is 18.2 Å². The highest BCUT2D eigenvalue weighted by atomic mass is 35.5. The van der Waals surface area contributed by atoms with Crippen molar-refractivity contribution < 1.29 is 9.90 Å². The first kappa shape index (κ1) is 18.4. The Morgan fingerprint density at radius 3 is 2.77 bits per heavy atom. The fraction of sp³-hybridized carbons (Fsp3) is 0.316. The van der Waals surface area contributed by atoms with Gasteiger partial charge in [0.15, 0.2) is 5.65 Å². The van der Waals surface area contributed by atoms with Crippen LogP contribution in [-0.2, 0) is 7.05 Å². The van der Waals surface area contributed by atoms with Crippen LogP contribution in [0.5, 0.6) is 0 Å². The van der Waals surface area contributed by atoms with Crippen molar-refractivity contribution in [1.29, 1.82) is 0 Å². The number of carbonyl (C=O) groups is 1. The molecule has 1 amide bonds. The molecule has 1 aromatic carbocycles. The van der Waals surface area contributed by atoms with Crippen molar-refractivity contribution in [2.45, 2.75) is 13.8 Å². The van der Waals surface area contributed by atoms with Gasteiger partial charge in [-0.25, -0.2) is 9.97 Å². The number of aromatic nitrogens is 3. The number of aliphatic hydroxyl groups is 1. The summed E-state index contributed by atoms with van der Waals surface area (Å²) < 4.78 is 1.85. The average molecular weight is 373 g/mol. The number of amides is 1. The van der Waals surface area contributed by atoms with E-state index in [2.05, 4.69) is 15.3 Å². The summed E-state index contributed by atoms with van der Waals surface area (Å²) in [5.41, 5.74) is 2.15. The van der Waals surface area contributed by atoms with E-state index in [1.54, 1.807) is 6.07 Å². The Labute approximate surface area is 156 Å². The van der Waals surface area contributed by atoms with Crippen LogP contribution in [0.3, 0.4) is 0 Å². The van der Waals surface area contributed by atoms with E-state index in [9.17, 15) is 9.90 Å². The van der Waals surface area contributed by atoms with E-state index in [-0.39, 0.29) is 17.9 Å². The lowest BCUT2D eigenvalue weighted by atomic mass is 9.95. The molecule has 0 aliphatic heterocycles. The van der Waals surface area contributed by atoms with Gasteiger partial charge in [0, 0.05) is 37.4 Å². The van der Waals surface area contributed by atoms with E-state index in [1.165, 1.54) is 6.20 Å². The van der Waals surface area contributed by atoms with Crippen molar-refractivity contribution in [3.63, 3.8) is 0 Å². The maximum absolute atomic E-state index is 12.4. The molecule has 2 aromatic heterocycles. The van der Waals surface area contributed by atoms with E-state index in [1.807, 2.05) is 49.7 Å². The molecule has 0 unspecified atom stereocenters. The number of aliphatic hydroxyl groups excluding tert-OH is 1. The first-order valence-corrected chi connectivity index (χ1v) is 8.66. The monoisotopic (exact) mass is 372 g/mol. The second-order valence-corrected chi connectivity index (χ2v) is 7.45. The maximum atomic E-state index is 12.4. The van der Waals surface area contributed by atoms with Gasteiger partial charge in [0.05, 0.1) is 10.6 Å². The normalized spacial score (nSPS) is 11.7. The van der Waals surface area contributed by atoms with E-state index in [0.29, 0.717) is 34.1 Å². The summed E-state index contributed by atoms with van der Waals surface area (Å²) in [5.74, 6) is 0.447. The first-order chi connectivity index (χ1) is 12.3. The SMILES string of the molecule is Cn1c(-c2ccccc2Cl)nc2cc(C(=O)NCC(C)(C)CO)cnc21. The Bertz CT molecular complexity index is 965. The van der Waals surface area contributed by atoms with Gasteiger partial charge in [-0.2, -0.15) is 0 Å². The third kappa shape index (κ3) is 3.57. The number of nitrogens with one attached hydrogen (secondary N) is 1. The fourth-order valence-electron chi connectivity index (χ4n) is 2.56. The molecule has 2 N–H and O–H groups in total. The number of imidazole rings is 1. The highest BCUT2D eigenvalue weighted by Crippen LogP contribution is 2.28. The number of rotatable bonds is 5. The zero-order chi connectivity index (χ0) is 18.9. The lowest BCUT2D eigenvalue weighted by Crippen LogP contribution is -2.36. The second kappa shape index (κ2) is 7.05. The molecule has 7 heteroatoms. The Morgan fingerprint density at radius 1 is 1.35 bits per heavy atom. The molecule has 0 saturated heterocycles. The molecule has 26 heavy (non-hydrogen) atoms. The van der Waals surface area contributed by atoms with Crippen LogP contribution in [0, 0.1) is 5.41 Å². The van der Waals surface area contributed by atoms with E-state index in [4.69, 9.17) is 11.6 Å². The number of hydrogen-bond donors (Lipinski definition) is 2. The Morgan fingerprint density at radius 2 is 2.08 bits per heavy atom. The molecule has 3 aromatic rings. The molecule has 6 nitrogen and oxygen atoms in total. The number of halogens is 1. The highest BCUT2D eigenvalue weighted by Gasteiger charge is 2.19. The van der Waals surface area contributed by atoms with Gasteiger partial charge in [0.25, 0.3) is 5.91 Å². The van der Waals surface area contributed by atoms with Gasteiger partial charge in [0.1, 0.15) is 11.3 Å². The minimum atomic E-state index is -0.380. The lowest BCUT2D eigenvalue weighted by Gasteiger charge is -2.21. The average Bonchev–Trinajstić information content (AvgIpc) is 2.96. The van der Waals surface area contributed by atoms with Crippen molar-refractivity contribution in [3.05, 3.63) is 47.1 Å². The smallest absolute Gasteiger partial charge is 0.252 e. The predicted octanol–water partition coefficient (Wildman–Crippen LogP) is 3.04. The number of fused-ring (bicyclic) bond motifs is 1. The standard InChI is InChI=1S/C19H21ClN4O2/c1-19(2,11-25)10-22-18(26)12-8-15-17(21-9-12)24(3)16(23-15)13-6-4-5-7-14(13)20/h4-9,25H,10-11H2,1-3H3,(H,22,26). The quantitative estimate of drug-likeness (QED) is 0.721. The first-order valence-electron chi connectivity index (χ1n) is 8.29. The molecule has 0 radical (unpaired) electrons. The molecule has 0 atom stereocenters. The second-order valence-electron chi connectivity index (χ2n) is 7.05. The fourth-order valence-corrected chi connectivity index (χ4v) is 2.78. The summed E-state index contributed by atoms with van der Waals surface area (Å²) in [7, 11) is 1.87. The molecular formula is C19H21ClN4O2. The zero-order valence-corrected chi connectivity index (χ0v) is 15.7. The van der Waals surface area contributed by atoms with Gasteiger partial charge in [0.2, 0.25) is 0 Å². The number of hydrogen-bond acceptors (Lipinski definition) is 4. The minimum absolute atomic E-state index is 0.00794. The molecular weight excluding hydrogens is 352 g/mol. The molecule has 136 valence electrons. The van der Waals surface area contributed by atoms with E-state index < -0.39 is 0 Å². The van der Waals surface area contributed by atoms with Crippen LogP contribution in [0.25, 0.3) is 22.6 Å². The van der Waals surface area contributed by atoms with Gasteiger partial charge >= 0.3 is 0 Å². The molecule has 2 heterocycles. The number of carbonyl (C=O) groups excluding carboxylic acids is 1. The summed E-state index contributed by atoms with van der Waals surface area (Å²) in [6.07, 6.45) is 1.53. The van der Waals surface area contributed by atoms with Crippen LogP contribution < -0.4 is 5.32 Å². The number of aryl methyl sites for hydroxylation is 1. The number of benzene rings is 1. The zero-order valence-electron chi connectivity index (χ0n) is 15.0. The third-order valence-corrected chi connectivity index (χ3v) is 4.57. The van der Waals surface area contributed by atoms with Crippen LogP contribution in [0.2, 0.25) is 5.02 Å². The molecule has 0 saturated carbocycles. The van der Waals surface area contributed by atoms with E-state index >= 15 is 0 Å². The van der Waals surface area contributed by atoms with Crippen molar-refractivity contribution in [3.8, 4) is 11.4 Å². The Kier molecular flexibility index (Phi) is 4.98. The van der Waals surface area contributed by atoms with Crippen molar-refractivity contribution in [2.75, 3.05) is 13.2 Å². The molecule has 0 bridgehead atoms. The van der Waals surface area contributed by atoms with Crippen LogP contribution in [-0.4, -0.2) is 38.7 Å². The van der Waals surface area contributed by atoms with Crippen LogP contribution in [0.15, 0.2) is 36.5 Å². The van der Waals surface area contributed by atoms with Crippen molar-refractivity contribution in [1.82, 2.24) is 19.9 Å². The van der Waals surface area contributed by atoms with Gasteiger partial charge < -0.3 is 15.0 Å². The summed E-state index contributed by atoms with van der Waals surface area (Å²) in [6, 6.07) is 9.18. The van der Waals surface area contributed by atoms with Gasteiger partial charge in [-0.3, -0.25) is 4.79 Å². The van der Waals surface area contributed by atoms with Crippen LogP contribution in [0.4, 0.5) is 0 Å². The number of pyridine rings is 1. The summed E-state index contributed by atoms with van der Waals surface area (Å²) in [5, 5.41) is 12.7. The lowest BCUT2D eigenvalue weighted by molar-refractivity contribution is 0.0911. The molecule has 0 spiro atoms. The highest BCUT2D eigenvalue weighted by molar-refractivity contribution is 6.33. The summed E-state index contributed by atoms with van der Waals surface area (Å²) >= 11 is 6.28. The topological polar surface area (TPSA) is 80.0 Å². The van der Waals surface area contributed by atoms with Crippen LogP contribution >= 0.6 is 11.6 Å². The Balaban J connectivity index is 1.93. The van der Waals surface area contributed by atoms with Crippen molar-refractivity contribution >= 4 is 28.7 Å². The number of nitrogens with zero attached hydrogens (tertiary/aromatic N) is 3. The maximum Gasteiger partial charge on any atom is 0.252 e. The van der Waals surface area contributed by atoms with Crippen LogP contribution in [0.1, 0.15) is 24.2 Å². The van der Waals surface area contributed by atoms with Gasteiger partial charge in [-0.15, -0.1) is 0 Å². The van der Waals surface area contributed by atoms with Crippen molar-refractivity contribution in [2.24, 2.45) is 12.5 Å². The Hall–Kier alpha value is -2.44. The summed E-state index contributed by atoms with van der Waals surface area (Å²) in [6.45, 7) is 4.12. The summed E-state index contributed by atoms with van der Waals surface area (Å²) in [4.78, 5) is 21.4. The molecule has 0 fully saturated rings. The molecule has 3 rings (SSSR count). The minimum Gasteiger partial charge on any atom is -0.396 e. The molecule has 0 aliphatic carbocycles. The van der Waals surface area contributed by atoms with E-state index in [0.717, 1.165) is 5.56 Å².